The number of nitrogens with zero attached hydrogens (tertiary/aromatic N) is 1. The van der Waals surface area contributed by atoms with E-state index in [1.807, 2.05) is 0 Å². The first-order valence-corrected chi connectivity index (χ1v) is 4.83. The first kappa shape index (κ1) is 11.0. The summed E-state index contributed by atoms with van der Waals surface area (Å²) in [5.41, 5.74) is 5.44. The number of amides is 1. The molecule has 80 valence electrons. The van der Waals surface area contributed by atoms with Crippen molar-refractivity contribution in [1.82, 2.24) is 4.90 Å². The molecule has 0 aromatic rings. The number of carboxylic acid groups (broad SMARTS) is 1. The van der Waals surface area contributed by atoms with Gasteiger partial charge in [-0.3, -0.25) is 4.79 Å². The Labute approximate surface area is 82.9 Å². The van der Waals surface area contributed by atoms with Crippen LogP contribution in [0.15, 0.2) is 0 Å². The molecule has 0 aromatic carbocycles. The first-order valence-electron chi connectivity index (χ1n) is 4.83. The van der Waals surface area contributed by atoms with Crippen LogP contribution in [0.25, 0.3) is 0 Å². The molecule has 1 fully saturated rings. The zero-order valence-electron chi connectivity index (χ0n) is 8.27. The van der Waals surface area contributed by atoms with E-state index in [0.29, 0.717) is 13.0 Å². The van der Waals surface area contributed by atoms with Crippen LogP contribution in [0.2, 0.25) is 0 Å². The van der Waals surface area contributed by atoms with Crippen molar-refractivity contribution in [2.45, 2.75) is 38.3 Å². The van der Waals surface area contributed by atoms with E-state index in [9.17, 15) is 9.59 Å². The Balaban J connectivity index is 2.72. The number of nitrogens with two attached hydrogens (primary N) is 1. The topological polar surface area (TPSA) is 83.6 Å². The molecule has 1 saturated heterocycles. The Bertz CT molecular complexity index is 240. The van der Waals surface area contributed by atoms with Crippen molar-refractivity contribution in [3.05, 3.63) is 0 Å². The third-order valence-corrected chi connectivity index (χ3v) is 2.46. The zero-order chi connectivity index (χ0) is 10.7. The predicted molar refractivity (Wildman–Crippen MR) is 50.6 cm³/mol. The van der Waals surface area contributed by atoms with Crippen molar-refractivity contribution in [2.75, 3.05) is 6.54 Å². The van der Waals surface area contributed by atoms with Gasteiger partial charge >= 0.3 is 5.97 Å². The van der Waals surface area contributed by atoms with Gasteiger partial charge in [0.25, 0.3) is 0 Å². The summed E-state index contributed by atoms with van der Waals surface area (Å²) in [5, 5.41) is 8.90. The van der Waals surface area contributed by atoms with Crippen LogP contribution in [0.5, 0.6) is 0 Å². The summed E-state index contributed by atoms with van der Waals surface area (Å²) < 4.78 is 0. The lowest BCUT2D eigenvalue weighted by Crippen LogP contribution is -2.52. The maximum absolute atomic E-state index is 11.6. The molecule has 0 unspecified atom stereocenters. The highest BCUT2D eigenvalue weighted by Gasteiger charge is 2.32. The van der Waals surface area contributed by atoms with Crippen LogP contribution >= 0.6 is 0 Å². The summed E-state index contributed by atoms with van der Waals surface area (Å²) in [4.78, 5) is 23.8. The van der Waals surface area contributed by atoms with Gasteiger partial charge in [-0.2, -0.15) is 0 Å². The van der Waals surface area contributed by atoms with Gasteiger partial charge in [0, 0.05) is 6.54 Å². The average molecular weight is 200 g/mol. The number of aliphatic carboxylic acids is 1. The van der Waals surface area contributed by atoms with Crippen molar-refractivity contribution in [3.63, 3.8) is 0 Å². The fourth-order valence-corrected chi connectivity index (χ4v) is 1.71. The van der Waals surface area contributed by atoms with Crippen LogP contribution in [-0.2, 0) is 9.59 Å². The van der Waals surface area contributed by atoms with Gasteiger partial charge < -0.3 is 15.7 Å². The molecular formula is C9H16N2O3. The van der Waals surface area contributed by atoms with E-state index in [4.69, 9.17) is 10.8 Å². The monoisotopic (exact) mass is 200 g/mol. The summed E-state index contributed by atoms with van der Waals surface area (Å²) in [6.45, 7) is 2.09. The number of carboxylic acids is 1. The maximum Gasteiger partial charge on any atom is 0.326 e. The minimum Gasteiger partial charge on any atom is -0.480 e. The van der Waals surface area contributed by atoms with E-state index in [-0.39, 0.29) is 5.91 Å². The first-order chi connectivity index (χ1) is 6.54. The van der Waals surface area contributed by atoms with Gasteiger partial charge in [0.2, 0.25) is 5.91 Å². The van der Waals surface area contributed by atoms with E-state index < -0.39 is 18.1 Å². The molecule has 1 rings (SSSR count). The number of rotatable bonds is 2. The molecule has 0 saturated carbocycles. The van der Waals surface area contributed by atoms with E-state index in [1.165, 1.54) is 4.90 Å². The third kappa shape index (κ3) is 2.23. The highest BCUT2D eigenvalue weighted by atomic mass is 16.4. The highest BCUT2D eigenvalue weighted by molar-refractivity contribution is 5.86. The highest BCUT2D eigenvalue weighted by Crippen LogP contribution is 2.17. The number of hydrogen-bond acceptors (Lipinski definition) is 3. The fourth-order valence-electron chi connectivity index (χ4n) is 1.71. The van der Waals surface area contributed by atoms with Crippen molar-refractivity contribution in [3.8, 4) is 0 Å². The molecule has 0 aromatic heterocycles. The van der Waals surface area contributed by atoms with Gasteiger partial charge in [0.15, 0.2) is 0 Å². The fraction of sp³-hybridized carbons (Fsp3) is 0.778. The second-order valence-electron chi connectivity index (χ2n) is 3.67. The van der Waals surface area contributed by atoms with Crippen LogP contribution in [0.3, 0.4) is 0 Å². The van der Waals surface area contributed by atoms with Crippen molar-refractivity contribution in [2.24, 2.45) is 5.73 Å². The van der Waals surface area contributed by atoms with Crippen molar-refractivity contribution < 1.29 is 14.7 Å². The molecule has 3 N–H and O–H groups in total. The van der Waals surface area contributed by atoms with Gasteiger partial charge in [-0.25, -0.2) is 4.79 Å². The maximum atomic E-state index is 11.6. The van der Waals surface area contributed by atoms with E-state index in [0.717, 1.165) is 12.8 Å². The molecule has 1 amide bonds. The average Bonchev–Trinajstić information content (AvgIpc) is 2.16. The lowest BCUT2D eigenvalue weighted by Gasteiger charge is -2.33. The van der Waals surface area contributed by atoms with E-state index >= 15 is 0 Å². The van der Waals surface area contributed by atoms with Crippen molar-refractivity contribution >= 4 is 11.9 Å². The molecule has 0 radical (unpaired) electrons. The molecule has 5 heteroatoms. The van der Waals surface area contributed by atoms with E-state index in [2.05, 4.69) is 0 Å². The molecule has 1 heterocycles. The molecule has 5 nitrogen and oxygen atoms in total. The number of hydrogen-bond donors (Lipinski definition) is 2. The van der Waals surface area contributed by atoms with Crippen molar-refractivity contribution in [1.29, 1.82) is 0 Å². The second-order valence-corrected chi connectivity index (χ2v) is 3.67. The minimum atomic E-state index is -0.932. The Morgan fingerprint density at radius 1 is 1.50 bits per heavy atom. The zero-order valence-corrected chi connectivity index (χ0v) is 8.27. The summed E-state index contributed by atoms with van der Waals surface area (Å²) in [6, 6.07) is -1.29. The SMILES string of the molecule is C[C@H](N)C(=O)N1CCCC[C@H]1C(=O)O. The Morgan fingerprint density at radius 3 is 2.64 bits per heavy atom. The van der Waals surface area contributed by atoms with Crippen LogP contribution in [-0.4, -0.2) is 40.5 Å². The molecule has 0 bridgehead atoms. The summed E-state index contributed by atoms with van der Waals surface area (Å²) >= 11 is 0. The Morgan fingerprint density at radius 2 is 2.14 bits per heavy atom. The lowest BCUT2D eigenvalue weighted by molar-refractivity contribution is -0.152. The molecule has 14 heavy (non-hydrogen) atoms. The standard InChI is InChI=1S/C9H16N2O3/c1-6(10)8(12)11-5-3-2-4-7(11)9(13)14/h6-7H,2-5,10H2,1H3,(H,13,14)/t6-,7-/m0/s1. The third-order valence-electron chi connectivity index (χ3n) is 2.46. The summed E-state index contributed by atoms with van der Waals surface area (Å²) in [7, 11) is 0. The molecule has 2 atom stereocenters. The smallest absolute Gasteiger partial charge is 0.326 e. The van der Waals surface area contributed by atoms with Crippen LogP contribution in [0.1, 0.15) is 26.2 Å². The normalized spacial score (nSPS) is 24.4. The van der Waals surface area contributed by atoms with Gasteiger partial charge in [0.05, 0.1) is 6.04 Å². The van der Waals surface area contributed by atoms with Crippen LogP contribution in [0.4, 0.5) is 0 Å². The quantitative estimate of drug-likeness (QED) is 0.646. The van der Waals surface area contributed by atoms with Gasteiger partial charge in [-0.1, -0.05) is 0 Å². The number of piperidine rings is 1. The summed E-state index contributed by atoms with van der Waals surface area (Å²) in [6.07, 6.45) is 2.26. The Hall–Kier alpha value is -1.10. The van der Waals surface area contributed by atoms with E-state index in [1.54, 1.807) is 6.92 Å². The number of likely N-dealkylation sites (tertiary alicyclic amines) is 1. The van der Waals surface area contributed by atoms with Gasteiger partial charge in [-0.05, 0) is 26.2 Å². The lowest BCUT2D eigenvalue weighted by atomic mass is 10.0. The minimum absolute atomic E-state index is 0.267. The van der Waals surface area contributed by atoms with Gasteiger partial charge in [0.1, 0.15) is 6.04 Å². The summed E-state index contributed by atoms with van der Waals surface area (Å²) in [5.74, 6) is -1.20. The molecular weight excluding hydrogens is 184 g/mol. The van der Waals surface area contributed by atoms with Gasteiger partial charge in [-0.15, -0.1) is 0 Å². The largest absolute Gasteiger partial charge is 0.480 e. The molecule has 0 spiro atoms. The Kier molecular flexibility index (Phi) is 3.46. The molecule has 1 aliphatic rings. The van der Waals surface area contributed by atoms with Crippen LogP contribution in [0, 0.1) is 0 Å². The predicted octanol–water partition coefficient (Wildman–Crippen LogP) is -0.201. The molecule has 0 aliphatic carbocycles. The second kappa shape index (κ2) is 4.41. The number of carbonyl (C=O) groups is 2. The number of carbonyl (C=O) groups excluding carboxylic acids is 1. The van der Waals surface area contributed by atoms with Crippen LogP contribution < -0.4 is 5.73 Å². The molecule has 1 aliphatic heterocycles.